The summed E-state index contributed by atoms with van der Waals surface area (Å²) in [7, 11) is -2.12. The van der Waals surface area contributed by atoms with Crippen LogP contribution in [0.2, 0.25) is 5.02 Å². The molecule has 32 heavy (non-hydrogen) atoms. The molecule has 1 aromatic carbocycles. The van der Waals surface area contributed by atoms with Crippen molar-refractivity contribution < 1.29 is 22.4 Å². The van der Waals surface area contributed by atoms with Crippen molar-refractivity contribution in [2.75, 3.05) is 5.75 Å². The molecule has 0 atom stereocenters. The summed E-state index contributed by atoms with van der Waals surface area (Å²) in [5.74, 6) is -2.31. The number of urea groups is 1. The van der Waals surface area contributed by atoms with Gasteiger partial charge in [-0.3, -0.25) is 10.2 Å². The van der Waals surface area contributed by atoms with Crippen molar-refractivity contribution in [1.29, 1.82) is 0 Å². The third-order valence-corrected chi connectivity index (χ3v) is 6.84. The Morgan fingerprint density at radius 3 is 2.56 bits per heavy atom. The van der Waals surface area contributed by atoms with Crippen molar-refractivity contribution in [1.82, 2.24) is 25.1 Å². The van der Waals surface area contributed by atoms with E-state index in [9.17, 15) is 22.4 Å². The van der Waals surface area contributed by atoms with Crippen LogP contribution in [0, 0.1) is 11.7 Å². The standard InChI is InChI=1S/C19H24ClFN6O4S/c1-27-8-16(23-10-27)12-6-14(17(21)15(20)7-12)18(28)25-26-32(30,31)9-11-2-4-13(5-3-11)24-19(22)29/h6-8,10-11,13,26H,2-5,9H2,1H3,(H,25,28)(H3,22,24,29). The number of aryl methyl sites for hydroxylation is 1. The summed E-state index contributed by atoms with van der Waals surface area (Å²) in [5.41, 5.74) is 7.61. The number of aromatic nitrogens is 2. The zero-order chi connectivity index (χ0) is 23.5. The van der Waals surface area contributed by atoms with Crippen LogP contribution >= 0.6 is 11.6 Å². The number of benzene rings is 1. The second-order valence-corrected chi connectivity index (χ2v) is 9.98. The van der Waals surface area contributed by atoms with Crippen molar-refractivity contribution in [3.8, 4) is 11.3 Å². The maximum atomic E-state index is 14.4. The van der Waals surface area contributed by atoms with Crippen molar-refractivity contribution in [3.05, 3.63) is 41.1 Å². The summed E-state index contributed by atoms with van der Waals surface area (Å²) >= 11 is 5.92. The van der Waals surface area contributed by atoms with Crippen LogP contribution in [0.5, 0.6) is 0 Å². The fourth-order valence-electron chi connectivity index (χ4n) is 3.68. The molecule has 5 N–H and O–H groups in total. The largest absolute Gasteiger partial charge is 0.352 e. The first-order valence-electron chi connectivity index (χ1n) is 9.87. The maximum Gasteiger partial charge on any atom is 0.312 e. The number of carbonyl (C=O) groups is 2. The second kappa shape index (κ2) is 9.84. The quantitative estimate of drug-likeness (QED) is 0.439. The average Bonchev–Trinajstić information content (AvgIpc) is 3.15. The molecule has 2 aromatic rings. The monoisotopic (exact) mass is 486 g/mol. The van der Waals surface area contributed by atoms with E-state index in [0.717, 1.165) is 0 Å². The molecular formula is C19H24ClFN6O4S. The summed E-state index contributed by atoms with van der Waals surface area (Å²) in [6, 6.07) is 1.91. The van der Waals surface area contributed by atoms with Crippen LogP contribution < -0.4 is 21.3 Å². The third kappa shape index (κ3) is 6.17. The van der Waals surface area contributed by atoms with E-state index in [1.165, 1.54) is 18.5 Å². The minimum absolute atomic E-state index is 0.0711. The number of rotatable bonds is 7. The van der Waals surface area contributed by atoms with Crippen LogP contribution in [0.25, 0.3) is 11.3 Å². The molecule has 3 amide bonds. The molecular weight excluding hydrogens is 463 g/mol. The van der Waals surface area contributed by atoms with Gasteiger partial charge in [-0.05, 0) is 43.7 Å². The van der Waals surface area contributed by atoms with Gasteiger partial charge < -0.3 is 15.6 Å². The molecule has 0 radical (unpaired) electrons. The fraction of sp³-hybridized carbons (Fsp3) is 0.421. The first kappa shape index (κ1) is 24.0. The molecule has 3 rings (SSSR count). The van der Waals surface area contributed by atoms with E-state index in [2.05, 4.69) is 10.3 Å². The number of sulfonamides is 1. The Morgan fingerprint density at radius 2 is 1.97 bits per heavy atom. The second-order valence-electron chi connectivity index (χ2n) is 7.81. The number of imidazole rings is 1. The van der Waals surface area contributed by atoms with Crippen molar-refractivity contribution in [2.24, 2.45) is 18.7 Å². The lowest BCUT2D eigenvalue weighted by atomic mass is 9.87. The molecule has 0 saturated heterocycles. The highest BCUT2D eigenvalue weighted by Gasteiger charge is 2.27. The Bertz CT molecular complexity index is 1120. The van der Waals surface area contributed by atoms with E-state index in [1.807, 2.05) is 10.3 Å². The molecule has 1 fully saturated rings. The summed E-state index contributed by atoms with van der Waals surface area (Å²) in [6.45, 7) is 0. The highest BCUT2D eigenvalue weighted by molar-refractivity contribution is 7.89. The van der Waals surface area contributed by atoms with Crippen LogP contribution in [-0.2, 0) is 17.1 Å². The number of halogens is 2. The number of hydrogen-bond donors (Lipinski definition) is 4. The first-order chi connectivity index (χ1) is 15.0. The molecule has 13 heteroatoms. The fourth-order valence-corrected chi connectivity index (χ4v) is 5.19. The zero-order valence-corrected chi connectivity index (χ0v) is 18.8. The Morgan fingerprint density at radius 1 is 1.28 bits per heavy atom. The molecule has 1 heterocycles. The Labute approximate surface area is 189 Å². The van der Waals surface area contributed by atoms with Crippen LogP contribution in [0.1, 0.15) is 36.0 Å². The van der Waals surface area contributed by atoms with Gasteiger partial charge >= 0.3 is 6.03 Å². The normalized spacial score (nSPS) is 18.8. The molecule has 10 nitrogen and oxygen atoms in total. The molecule has 1 saturated carbocycles. The number of carbonyl (C=O) groups excluding carboxylic acids is 2. The SMILES string of the molecule is Cn1cnc(-c2cc(Cl)c(F)c(C(=O)NNS(=O)(=O)CC3CCC(NC(N)=O)CC3)c2)c1. The highest BCUT2D eigenvalue weighted by Crippen LogP contribution is 2.27. The van der Waals surface area contributed by atoms with Gasteiger partial charge in [-0.25, -0.2) is 22.6 Å². The molecule has 1 aromatic heterocycles. The van der Waals surface area contributed by atoms with Crippen LogP contribution in [-0.4, -0.2) is 41.7 Å². The van der Waals surface area contributed by atoms with E-state index >= 15 is 0 Å². The Hall–Kier alpha value is -2.70. The summed E-state index contributed by atoms with van der Waals surface area (Å²) in [5, 5.41) is 2.33. The van der Waals surface area contributed by atoms with E-state index in [0.29, 0.717) is 36.9 Å². The van der Waals surface area contributed by atoms with E-state index in [-0.39, 0.29) is 22.7 Å². The van der Waals surface area contributed by atoms with Crippen LogP contribution in [0.15, 0.2) is 24.7 Å². The Kier molecular flexibility index (Phi) is 7.36. The number of hydrogen-bond acceptors (Lipinski definition) is 5. The molecule has 1 aliphatic rings. The first-order valence-corrected chi connectivity index (χ1v) is 11.9. The van der Waals surface area contributed by atoms with Gasteiger partial charge in [0.2, 0.25) is 10.0 Å². The number of amides is 3. The number of nitrogens with zero attached hydrogens (tertiary/aromatic N) is 2. The summed E-state index contributed by atoms with van der Waals surface area (Å²) in [4.78, 5) is 29.5. The lowest BCUT2D eigenvalue weighted by Crippen LogP contribution is -2.45. The minimum Gasteiger partial charge on any atom is -0.352 e. The predicted octanol–water partition coefficient (Wildman–Crippen LogP) is 1.67. The minimum atomic E-state index is -3.87. The van der Waals surface area contributed by atoms with Gasteiger partial charge in [0, 0.05) is 24.8 Å². The maximum absolute atomic E-state index is 14.4. The summed E-state index contributed by atoms with van der Waals surface area (Å²) in [6.07, 6.45) is 5.59. The Balaban J connectivity index is 1.61. The molecule has 1 aliphatic carbocycles. The summed E-state index contributed by atoms with van der Waals surface area (Å²) < 4.78 is 40.9. The lowest BCUT2D eigenvalue weighted by molar-refractivity contribution is 0.0941. The van der Waals surface area contributed by atoms with Gasteiger partial charge in [-0.15, -0.1) is 4.83 Å². The smallest absolute Gasteiger partial charge is 0.312 e. The van der Waals surface area contributed by atoms with Gasteiger partial charge in [0.1, 0.15) is 0 Å². The predicted molar refractivity (Wildman–Crippen MR) is 116 cm³/mol. The van der Waals surface area contributed by atoms with Crippen molar-refractivity contribution >= 4 is 33.6 Å². The molecule has 0 unspecified atom stereocenters. The van der Waals surface area contributed by atoms with E-state index < -0.39 is 33.3 Å². The number of nitrogens with two attached hydrogens (primary N) is 1. The van der Waals surface area contributed by atoms with Crippen LogP contribution in [0.4, 0.5) is 9.18 Å². The van der Waals surface area contributed by atoms with Gasteiger partial charge in [0.25, 0.3) is 5.91 Å². The van der Waals surface area contributed by atoms with Crippen molar-refractivity contribution in [3.63, 3.8) is 0 Å². The molecule has 0 bridgehead atoms. The molecule has 174 valence electrons. The van der Waals surface area contributed by atoms with Gasteiger partial charge in [-0.2, -0.15) is 0 Å². The topological polar surface area (TPSA) is 148 Å². The number of primary amides is 1. The van der Waals surface area contributed by atoms with Gasteiger partial charge in [0.05, 0.1) is 28.4 Å². The van der Waals surface area contributed by atoms with Gasteiger partial charge in [-0.1, -0.05) is 11.6 Å². The average molecular weight is 487 g/mol. The molecule has 0 aliphatic heterocycles. The van der Waals surface area contributed by atoms with E-state index in [1.54, 1.807) is 17.8 Å². The third-order valence-electron chi connectivity index (χ3n) is 5.24. The van der Waals surface area contributed by atoms with Crippen LogP contribution in [0.3, 0.4) is 0 Å². The van der Waals surface area contributed by atoms with E-state index in [4.69, 9.17) is 17.3 Å². The zero-order valence-electron chi connectivity index (χ0n) is 17.3. The number of nitrogens with one attached hydrogen (secondary N) is 3. The highest BCUT2D eigenvalue weighted by atomic mass is 35.5. The number of hydrazine groups is 1. The molecule has 0 spiro atoms. The van der Waals surface area contributed by atoms with Gasteiger partial charge in [0.15, 0.2) is 5.82 Å². The lowest BCUT2D eigenvalue weighted by Gasteiger charge is -2.28. The van der Waals surface area contributed by atoms with Crippen molar-refractivity contribution in [2.45, 2.75) is 31.7 Å².